The fourth-order valence-electron chi connectivity index (χ4n) is 3.53. The molecule has 0 amide bonds. The number of alkyl halides is 3. The first-order chi connectivity index (χ1) is 18.4. The number of aromatic nitrogens is 1. The molecule has 0 atom stereocenters. The van der Waals surface area contributed by atoms with E-state index in [9.17, 15) is 18.3 Å². The summed E-state index contributed by atoms with van der Waals surface area (Å²) < 4.78 is 66.1. The lowest BCUT2D eigenvalue weighted by Crippen LogP contribution is -2.13. The fraction of sp³-hybridized carbons (Fsp3) is 0.393. The van der Waals surface area contributed by atoms with Gasteiger partial charge in [-0.2, -0.15) is 13.2 Å². The second-order valence-electron chi connectivity index (χ2n) is 8.23. The van der Waals surface area contributed by atoms with Crippen molar-refractivity contribution in [2.45, 2.75) is 12.8 Å². The zero-order valence-corrected chi connectivity index (χ0v) is 21.2. The van der Waals surface area contributed by atoms with Gasteiger partial charge in [-0.05, 0) is 53.1 Å². The molecule has 0 saturated heterocycles. The van der Waals surface area contributed by atoms with Crippen molar-refractivity contribution in [3.63, 3.8) is 0 Å². The molecule has 7 nitrogen and oxygen atoms in total. The topological polar surface area (TPSA) is 79.3 Å². The standard InChI is InChI=1S/C28H32F3NO6/c1-34-9-10-35-11-12-36-13-14-37-15-16-38-20-25-18-23(7-8-32-25)26-19-22(5-6-27(26)33)21-3-2-4-24(17-21)28(29,30)31/h2-8,17-19,33H,9-16,20H2,1H3. The van der Waals surface area contributed by atoms with Gasteiger partial charge >= 0.3 is 6.18 Å². The molecule has 38 heavy (non-hydrogen) atoms. The molecule has 0 aliphatic carbocycles. The minimum atomic E-state index is -4.44. The van der Waals surface area contributed by atoms with Crippen LogP contribution >= 0.6 is 0 Å². The van der Waals surface area contributed by atoms with E-state index >= 15 is 0 Å². The predicted octanol–water partition coefficient (Wildman–Crippen LogP) is 5.35. The van der Waals surface area contributed by atoms with Crippen LogP contribution in [0.2, 0.25) is 0 Å². The Kier molecular flexibility index (Phi) is 12.0. The van der Waals surface area contributed by atoms with Crippen LogP contribution in [0.1, 0.15) is 11.3 Å². The summed E-state index contributed by atoms with van der Waals surface area (Å²) in [5.41, 5.74) is 2.02. The first kappa shape index (κ1) is 29.5. The number of hydrogen-bond acceptors (Lipinski definition) is 7. The quantitative estimate of drug-likeness (QED) is 0.248. The molecule has 2 aromatic carbocycles. The Bertz CT molecular complexity index is 1130. The monoisotopic (exact) mass is 535 g/mol. The van der Waals surface area contributed by atoms with E-state index in [1.54, 1.807) is 43.6 Å². The van der Waals surface area contributed by atoms with Crippen LogP contribution in [0.4, 0.5) is 13.2 Å². The Labute approximate surface area is 220 Å². The number of aromatic hydroxyl groups is 1. The van der Waals surface area contributed by atoms with Gasteiger partial charge in [-0.25, -0.2) is 0 Å². The van der Waals surface area contributed by atoms with Crippen LogP contribution in [-0.2, 0) is 36.5 Å². The smallest absolute Gasteiger partial charge is 0.416 e. The van der Waals surface area contributed by atoms with Gasteiger partial charge in [-0.3, -0.25) is 4.98 Å². The van der Waals surface area contributed by atoms with Crippen molar-refractivity contribution < 1.29 is 42.0 Å². The first-order valence-corrected chi connectivity index (χ1v) is 12.1. The van der Waals surface area contributed by atoms with Gasteiger partial charge in [0.1, 0.15) is 5.75 Å². The lowest BCUT2D eigenvalue weighted by atomic mass is 9.97. The van der Waals surface area contributed by atoms with E-state index in [0.29, 0.717) is 80.8 Å². The van der Waals surface area contributed by atoms with Crippen LogP contribution in [0.3, 0.4) is 0 Å². The molecule has 0 radical (unpaired) electrons. The molecule has 206 valence electrons. The Morgan fingerprint density at radius 3 is 2.00 bits per heavy atom. The molecule has 0 spiro atoms. The predicted molar refractivity (Wildman–Crippen MR) is 136 cm³/mol. The van der Waals surface area contributed by atoms with E-state index < -0.39 is 11.7 Å². The molecule has 3 rings (SSSR count). The third-order valence-corrected chi connectivity index (χ3v) is 5.45. The Hall–Kier alpha value is -3.02. The number of phenolic OH excluding ortho intramolecular Hbond substituents is 1. The Morgan fingerprint density at radius 1 is 0.711 bits per heavy atom. The van der Waals surface area contributed by atoms with Gasteiger partial charge in [-0.15, -0.1) is 0 Å². The molecular weight excluding hydrogens is 503 g/mol. The molecule has 0 aliphatic heterocycles. The van der Waals surface area contributed by atoms with Crippen molar-refractivity contribution in [2.24, 2.45) is 0 Å². The third kappa shape index (κ3) is 9.70. The lowest BCUT2D eigenvalue weighted by molar-refractivity contribution is -0.137. The Morgan fingerprint density at radius 2 is 1.34 bits per heavy atom. The van der Waals surface area contributed by atoms with Gasteiger partial charge in [0, 0.05) is 18.9 Å². The number of pyridine rings is 1. The van der Waals surface area contributed by atoms with Crippen molar-refractivity contribution in [1.82, 2.24) is 4.98 Å². The van der Waals surface area contributed by atoms with Gasteiger partial charge in [0.05, 0.1) is 70.7 Å². The maximum atomic E-state index is 13.1. The average molecular weight is 536 g/mol. The van der Waals surface area contributed by atoms with Crippen molar-refractivity contribution in [3.8, 4) is 28.0 Å². The fourth-order valence-corrected chi connectivity index (χ4v) is 3.53. The summed E-state index contributed by atoms with van der Waals surface area (Å²) in [5, 5.41) is 10.4. The second-order valence-corrected chi connectivity index (χ2v) is 8.23. The van der Waals surface area contributed by atoms with Gasteiger partial charge < -0.3 is 28.8 Å². The van der Waals surface area contributed by atoms with Crippen molar-refractivity contribution in [1.29, 1.82) is 0 Å². The number of halogens is 3. The van der Waals surface area contributed by atoms with Gasteiger partial charge in [-0.1, -0.05) is 18.2 Å². The number of nitrogens with zero attached hydrogens (tertiary/aromatic N) is 1. The van der Waals surface area contributed by atoms with E-state index in [1.807, 2.05) is 0 Å². The van der Waals surface area contributed by atoms with Crippen LogP contribution in [-0.4, -0.2) is 70.1 Å². The molecule has 1 heterocycles. The highest BCUT2D eigenvalue weighted by Crippen LogP contribution is 2.36. The van der Waals surface area contributed by atoms with Crippen LogP contribution < -0.4 is 0 Å². The summed E-state index contributed by atoms with van der Waals surface area (Å²) in [5.74, 6) is 0.0101. The number of rotatable bonds is 16. The summed E-state index contributed by atoms with van der Waals surface area (Å²) in [6, 6.07) is 13.3. The van der Waals surface area contributed by atoms with Crippen LogP contribution in [0.15, 0.2) is 60.8 Å². The first-order valence-electron chi connectivity index (χ1n) is 12.1. The molecule has 1 aromatic heterocycles. The zero-order valence-electron chi connectivity index (χ0n) is 21.2. The average Bonchev–Trinajstić information content (AvgIpc) is 2.91. The number of benzene rings is 2. The van der Waals surface area contributed by atoms with Crippen LogP contribution in [0.5, 0.6) is 5.75 Å². The highest BCUT2D eigenvalue weighted by Gasteiger charge is 2.30. The summed E-state index contributed by atoms with van der Waals surface area (Å²) in [6.07, 6.45) is -2.84. The number of methoxy groups -OCH3 is 1. The molecule has 0 bridgehead atoms. The van der Waals surface area contributed by atoms with E-state index in [0.717, 1.165) is 12.1 Å². The zero-order chi connectivity index (χ0) is 27.2. The molecular formula is C28H32F3NO6. The molecule has 1 N–H and O–H groups in total. The highest BCUT2D eigenvalue weighted by atomic mass is 19.4. The second kappa shape index (κ2) is 15.4. The van der Waals surface area contributed by atoms with Gasteiger partial charge in [0.25, 0.3) is 0 Å². The number of ether oxygens (including phenoxy) is 5. The molecule has 10 heteroatoms. The molecule has 0 aliphatic rings. The molecule has 0 fully saturated rings. The molecule has 3 aromatic rings. The van der Waals surface area contributed by atoms with Crippen molar-refractivity contribution in [3.05, 3.63) is 72.1 Å². The summed E-state index contributed by atoms with van der Waals surface area (Å²) in [4.78, 5) is 4.30. The maximum Gasteiger partial charge on any atom is 0.416 e. The van der Waals surface area contributed by atoms with Crippen molar-refractivity contribution >= 4 is 0 Å². The molecule has 0 saturated carbocycles. The van der Waals surface area contributed by atoms with Gasteiger partial charge in [0.2, 0.25) is 0 Å². The molecule has 0 unspecified atom stereocenters. The van der Waals surface area contributed by atoms with E-state index in [-0.39, 0.29) is 12.4 Å². The van der Waals surface area contributed by atoms with E-state index in [1.165, 1.54) is 12.1 Å². The maximum absolute atomic E-state index is 13.1. The largest absolute Gasteiger partial charge is 0.507 e. The normalized spacial score (nSPS) is 11.7. The van der Waals surface area contributed by atoms with E-state index in [4.69, 9.17) is 23.7 Å². The SMILES string of the molecule is COCCOCCOCCOCCOCc1cc(-c2cc(-c3cccc(C(F)(F)F)c3)ccc2O)ccn1. The highest BCUT2D eigenvalue weighted by molar-refractivity contribution is 5.77. The number of phenols is 1. The third-order valence-electron chi connectivity index (χ3n) is 5.45. The summed E-state index contributed by atoms with van der Waals surface area (Å²) in [6.45, 7) is 3.99. The van der Waals surface area contributed by atoms with E-state index in [2.05, 4.69) is 4.98 Å². The minimum Gasteiger partial charge on any atom is -0.507 e. The summed E-state index contributed by atoms with van der Waals surface area (Å²) in [7, 11) is 1.62. The summed E-state index contributed by atoms with van der Waals surface area (Å²) >= 11 is 0. The van der Waals surface area contributed by atoms with Crippen molar-refractivity contribution in [2.75, 3.05) is 60.0 Å². The van der Waals surface area contributed by atoms with Crippen LogP contribution in [0.25, 0.3) is 22.3 Å². The van der Waals surface area contributed by atoms with Gasteiger partial charge in [0.15, 0.2) is 0 Å². The lowest BCUT2D eigenvalue weighted by Gasteiger charge is -2.12. The Balaban J connectivity index is 1.47. The minimum absolute atomic E-state index is 0.0101. The number of hydrogen-bond donors (Lipinski definition) is 1. The van der Waals surface area contributed by atoms with Crippen LogP contribution in [0, 0.1) is 0 Å².